The lowest BCUT2D eigenvalue weighted by molar-refractivity contribution is -0.148. The fourth-order valence-electron chi connectivity index (χ4n) is 4.31. The van der Waals surface area contributed by atoms with Crippen molar-refractivity contribution in [2.45, 2.75) is 78.6 Å². The van der Waals surface area contributed by atoms with Crippen LogP contribution in [0.3, 0.4) is 0 Å². The minimum Gasteiger partial charge on any atom is -0.481 e. The molecule has 0 aliphatic rings. The fraction of sp³-hybridized carbons (Fsp3) is 0.625. The summed E-state index contributed by atoms with van der Waals surface area (Å²) in [5, 5.41) is 9.92. The van der Waals surface area contributed by atoms with Crippen LogP contribution in [0.1, 0.15) is 82.8 Å². The van der Waals surface area contributed by atoms with Crippen molar-refractivity contribution in [3.63, 3.8) is 0 Å². The number of unbranched alkanes of at least 4 members (excludes halogenated alkanes) is 1. The maximum absolute atomic E-state index is 13.2. The number of ketones is 1. The second-order valence-corrected chi connectivity index (χ2v) is 9.25. The molecule has 0 aliphatic carbocycles. The topological polar surface area (TPSA) is 54.4 Å². The van der Waals surface area contributed by atoms with Crippen molar-refractivity contribution in [1.29, 1.82) is 0 Å². The number of rotatable bonds is 14. The van der Waals surface area contributed by atoms with Crippen LogP contribution in [0.5, 0.6) is 0 Å². The molecule has 0 radical (unpaired) electrons. The summed E-state index contributed by atoms with van der Waals surface area (Å²) in [5.41, 5.74) is 1.92. The number of aryl methyl sites for hydroxylation is 1. The number of carbonyl (C=O) groups excluding carboxylic acids is 1. The first-order chi connectivity index (χ1) is 13.3. The standard InChI is InChI=1S/C24H37O3P/c1-6-13-24(4,14-8-9-15-28-5)17-21(25)22(23(26)27)20(7-2)19-12-10-11-18(3)16-19/h10-12,16,20,22H,5-9,13-15,17H2,1-4H3,(H,26,27). The summed E-state index contributed by atoms with van der Waals surface area (Å²) in [6, 6.07) is 7.91. The van der Waals surface area contributed by atoms with E-state index in [1.807, 2.05) is 38.1 Å². The van der Waals surface area contributed by atoms with E-state index in [0.717, 1.165) is 57.6 Å². The summed E-state index contributed by atoms with van der Waals surface area (Å²) < 4.78 is 0. The van der Waals surface area contributed by atoms with E-state index in [1.165, 1.54) is 0 Å². The fourth-order valence-corrected chi connectivity index (χ4v) is 4.76. The zero-order valence-corrected chi connectivity index (χ0v) is 18.9. The Hall–Kier alpha value is -1.47. The predicted octanol–water partition coefficient (Wildman–Crippen LogP) is 6.50. The van der Waals surface area contributed by atoms with E-state index in [1.54, 1.807) is 0 Å². The average Bonchev–Trinajstić information content (AvgIpc) is 2.62. The molecule has 0 aliphatic heterocycles. The summed E-state index contributed by atoms with van der Waals surface area (Å²) in [6.45, 7) is 8.26. The number of Topliss-reactive ketones (excluding diaryl/α,β-unsaturated/α-hetero) is 1. The number of carboxylic acids is 1. The molecule has 28 heavy (non-hydrogen) atoms. The lowest BCUT2D eigenvalue weighted by Crippen LogP contribution is -2.34. The Morgan fingerprint density at radius 2 is 1.93 bits per heavy atom. The second-order valence-electron chi connectivity index (χ2n) is 8.35. The van der Waals surface area contributed by atoms with E-state index >= 15 is 0 Å². The Balaban J connectivity index is 3.02. The molecule has 1 aromatic rings. The first-order valence-corrected chi connectivity index (χ1v) is 11.8. The van der Waals surface area contributed by atoms with Gasteiger partial charge in [-0.3, -0.25) is 9.59 Å². The van der Waals surface area contributed by atoms with Gasteiger partial charge in [-0.2, -0.15) is 0 Å². The minimum absolute atomic E-state index is 0.118. The Kier molecular flexibility index (Phi) is 10.7. The van der Waals surface area contributed by atoms with Gasteiger partial charge in [0.15, 0.2) is 0 Å². The summed E-state index contributed by atoms with van der Waals surface area (Å²) in [4.78, 5) is 25.3. The first-order valence-electron chi connectivity index (χ1n) is 10.5. The number of hydrogen-bond acceptors (Lipinski definition) is 2. The monoisotopic (exact) mass is 404 g/mol. The normalized spacial score (nSPS) is 15.7. The molecule has 1 rings (SSSR count). The van der Waals surface area contributed by atoms with Crippen molar-refractivity contribution in [2.24, 2.45) is 11.3 Å². The van der Waals surface area contributed by atoms with E-state index in [9.17, 15) is 14.7 Å². The molecule has 0 amide bonds. The molecule has 3 nitrogen and oxygen atoms in total. The van der Waals surface area contributed by atoms with Crippen LogP contribution in [0.25, 0.3) is 0 Å². The smallest absolute Gasteiger partial charge is 0.314 e. The highest BCUT2D eigenvalue weighted by atomic mass is 31.1. The van der Waals surface area contributed by atoms with Crippen molar-refractivity contribution in [3.05, 3.63) is 35.4 Å². The van der Waals surface area contributed by atoms with Gasteiger partial charge in [0.1, 0.15) is 11.7 Å². The maximum atomic E-state index is 13.2. The van der Waals surface area contributed by atoms with E-state index in [4.69, 9.17) is 0 Å². The van der Waals surface area contributed by atoms with E-state index < -0.39 is 11.9 Å². The lowest BCUT2D eigenvalue weighted by atomic mass is 9.72. The quantitative estimate of drug-likeness (QED) is 0.219. The molecule has 0 fully saturated rings. The zero-order chi connectivity index (χ0) is 21.2. The molecule has 1 N–H and O–H groups in total. The molecule has 0 spiro atoms. The van der Waals surface area contributed by atoms with Crippen LogP contribution < -0.4 is 0 Å². The van der Waals surface area contributed by atoms with Crippen molar-refractivity contribution < 1.29 is 14.7 Å². The van der Waals surface area contributed by atoms with Crippen LogP contribution in [0.4, 0.5) is 0 Å². The van der Waals surface area contributed by atoms with Crippen LogP contribution in [0.2, 0.25) is 0 Å². The van der Waals surface area contributed by atoms with Gasteiger partial charge in [0.05, 0.1) is 0 Å². The van der Waals surface area contributed by atoms with Crippen LogP contribution in [-0.2, 0) is 9.59 Å². The van der Waals surface area contributed by atoms with Crippen molar-refractivity contribution in [1.82, 2.24) is 0 Å². The summed E-state index contributed by atoms with van der Waals surface area (Å²) >= 11 is 0. The van der Waals surface area contributed by atoms with Crippen molar-refractivity contribution in [3.8, 4) is 0 Å². The van der Waals surface area contributed by atoms with Gasteiger partial charge in [0, 0.05) is 12.3 Å². The van der Waals surface area contributed by atoms with Gasteiger partial charge in [-0.15, -0.1) is 8.20 Å². The Labute approximate surface area is 172 Å². The highest BCUT2D eigenvalue weighted by Crippen LogP contribution is 2.38. The van der Waals surface area contributed by atoms with Crippen LogP contribution in [0, 0.1) is 18.3 Å². The largest absolute Gasteiger partial charge is 0.481 e. The Morgan fingerprint density at radius 3 is 2.46 bits per heavy atom. The Morgan fingerprint density at radius 1 is 1.21 bits per heavy atom. The molecule has 4 heteroatoms. The number of carboxylic acid groups (broad SMARTS) is 1. The van der Waals surface area contributed by atoms with Gasteiger partial charge >= 0.3 is 5.97 Å². The molecular weight excluding hydrogens is 367 g/mol. The molecule has 0 aromatic heterocycles. The molecule has 3 unspecified atom stereocenters. The van der Waals surface area contributed by atoms with Crippen LogP contribution in [0.15, 0.2) is 24.3 Å². The zero-order valence-electron chi connectivity index (χ0n) is 18.0. The molecule has 156 valence electrons. The Bertz CT molecular complexity index is 655. The first kappa shape index (κ1) is 24.6. The van der Waals surface area contributed by atoms with Crippen LogP contribution >= 0.6 is 8.20 Å². The third kappa shape index (κ3) is 7.51. The number of aliphatic carboxylic acids is 1. The highest BCUT2D eigenvalue weighted by Gasteiger charge is 2.38. The van der Waals surface area contributed by atoms with E-state index in [0.29, 0.717) is 12.8 Å². The second kappa shape index (κ2) is 12.2. The number of hydrogen-bond donors (Lipinski definition) is 1. The molecule has 0 bridgehead atoms. The SMILES string of the molecule is C=PCCCCC(C)(CCC)CC(=O)C(C(=O)O)C(CC)c1cccc(C)c1. The molecular formula is C24H37O3P. The minimum atomic E-state index is -0.993. The van der Waals surface area contributed by atoms with Crippen molar-refractivity contribution in [2.75, 3.05) is 6.16 Å². The van der Waals surface area contributed by atoms with Gasteiger partial charge in [-0.25, -0.2) is 0 Å². The van der Waals surface area contributed by atoms with Gasteiger partial charge in [0.25, 0.3) is 0 Å². The number of carbonyl (C=O) groups is 2. The van der Waals surface area contributed by atoms with Gasteiger partial charge < -0.3 is 5.11 Å². The van der Waals surface area contributed by atoms with Gasteiger partial charge in [-0.05, 0) is 49.7 Å². The van der Waals surface area contributed by atoms with Gasteiger partial charge in [-0.1, -0.05) is 69.7 Å². The van der Waals surface area contributed by atoms with Gasteiger partial charge in [0.2, 0.25) is 0 Å². The average molecular weight is 405 g/mol. The predicted molar refractivity (Wildman–Crippen MR) is 121 cm³/mol. The highest BCUT2D eigenvalue weighted by molar-refractivity contribution is 7.36. The van der Waals surface area contributed by atoms with Crippen LogP contribution in [-0.4, -0.2) is 29.3 Å². The summed E-state index contributed by atoms with van der Waals surface area (Å²) in [7, 11) is 1.16. The van der Waals surface area contributed by atoms with E-state index in [2.05, 4.69) is 20.1 Å². The summed E-state index contributed by atoms with van der Waals surface area (Å²) in [6.07, 6.45) is 11.0. The van der Waals surface area contributed by atoms with E-state index in [-0.39, 0.29) is 17.1 Å². The molecule has 1 aromatic carbocycles. The summed E-state index contributed by atoms with van der Waals surface area (Å²) in [5.74, 6) is -2.36. The molecule has 0 heterocycles. The number of benzene rings is 1. The third-order valence-corrected chi connectivity index (χ3v) is 6.36. The molecule has 3 atom stereocenters. The maximum Gasteiger partial charge on any atom is 0.314 e. The third-order valence-electron chi connectivity index (χ3n) is 5.73. The van der Waals surface area contributed by atoms with Crippen molar-refractivity contribution >= 4 is 26.3 Å². The lowest BCUT2D eigenvalue weighted by Gasteiger charge is -2.31. The molecule has 0 saturated carbocycles. The molecule has 0 saturated heterocycles.